The van der Waals surface area contributed by atoms with E-state index in [1.165, 1.54) is 56.9 Å². The van der Waals surface area contributed by atoms with Crippen molar-refractivity contribution in [3.05, 3.63) is 34.9 Å². The van der Waals surface area contributed by atoms with Crippen molar-refractivity contribution in [2.24, 2.45) is 11.7 Å². The van der Waals surface area contributed by atoms with Crippen LogP contribution in [-0.4, -0.2) is 6.04 Å². The van der Waals surface area contributed by atoms with Crippen LogP contribution in [0.15, 0.2) is 24.3 Å². The van der Waals surface area contributed by atoms with E-state index in [9.17, 15) is 0 Å². The van der Waals surface area contributed by atoms with E-state index >= 15 is 0 Å². The molecule has 0 bridgehead atoms. The van der Waals surface area contributed by atoms with Gasteiger partial charge in [-0.3, -0.25) is 0 Å². The molecule has 2 heteroatoms. The monoisotopic (exact) mass is 277 g/mol. The molecule has 0 heterocycles. The first-order chi connectivity index (χ1) is 9.22. The second-order valence-electron chi connectivity index (χ2n) is 6.44. The molecule has 0 radical (unpaired) electrons. The maximum absolute atomic E-state index is 6.73. The summed E-state index contributed by atoms with van der Waals surface area (Å²) in [4.78, 5) is 0. The minimum Gasteiger partial charge on any atom is -0.327 e. The number of benzene rings is 1. The summed E-state index contributed by atoms with van der Waals surface area (Å²) < 4.78 is 0. The maximum atomic E-state index is 6.73. The molecule has 1 unspecified atom stereocenters. The van der Waals surface area contributed by atoms with Gasteiger partial charge in [-0.25, -0.2) is 0 Å². The lowest BCUT2D eigenvalue weighted by molar-refractivity contribution is 0.132. The van der Waals surface area contributed by atoms with Crippen LogP contribution in [0.3, 0.4) is 0 Å². The number of halogens is 1. The Labute approximate surface area is 121 Å². The second kappa shape index (κ2) is 5.46. The van der Waals surface area contributed by atoms with Crippen LogP contribution < -0.4 is 5.73 Å². The van der Waals surface area contributed by atoms with Crippen molar-refractivity contribution in [3.8, 4) is 0 Å². The van der Waals surface area contributed by atoms with Crippen molar-refractivity contribution in [1.82, 2.24) is 0 Å². The van der Waals surface area contributed by atoms with Gasteiger partial charge in [0, 0.05) is 16.5 Å². The SMILES string of the molecule is NC(C1CCCCC1)C1(c2ccc(Cl)cc2)CCC1. The Balaban J connectivity index is 1.83. The highest BCUT2D eigenvalue weighted by Gasteiger charge is 2.46. The summed E-state index contributed by atoms with van der Waals surface area (Å²) in [6.07, 6.45) is 10.6. The highest BCUT2D eigenvalue weighted by Crippen LogP contribution is 2.49. The van der Waals surface area contributed by atoms with Crippen LogP contribution in [0, 0.1) is 5.92 Å². The van der Waals surface area contributed by atoms with Crippen LogP contribution in [0.5, 0.6) is 0 Å². The molecule has 2 N–H and O–H groups in total. The van der Waals surface area contributed by atoms with E-state index in [1.807, 2.05) is 12.1 Å². The van der Waals surface area contributed by atoms with Crippen LogP contribution in [-0.2, 0) is 5.41 Å². The molecule has 3 rings (SSSR count). The van der Waals surface area contributed by atoms with Crippen LogP contribution in [0.25, 0.3) is 0 Å². The van der Waals surface area contributed by atoms with Gasteiger partial charge >= 0.3 is 0 Å². The molecular formula is C17H24ClN. The second-order valence-corrected chi connectivity index (χ2v) is 6.88. The van der Waals surface area contributed by atoms with Gasteiger partial charge in [0.05, 0.1) is 0 Å². The van der Waals surface area contributed by atoms with E-state index in [2.05, 4.69) is 12.1 Å². The molecule has 1 nitrogen and oxygen atoms in total. The normalized spacial score (nSPS) is 24.7. The first-order valence-electron chi connectivity index (χ1n) is 7.74. The molecule has 104 valence electrons. The Bertz CT molecular complexity index is 415. The van der Waals surface area contributed by atoms with E-state index in [4.69, 9.17) is 17.3 Å². The molecule has 19 heavy (non-hydrogen) atoms. The summed E-state index contributed by atoms with van der Waals surface area (Å²) in [5.41, 5.74) is 8.39. The van der Waals surface area contributed by atoms with Gasteiger partial charge in [-0.1, -0.05) is 49.4 Å². The van der Waals surface area contributed by atoms with Crippen LogP contribution in [0.2, 0.25) is 5.02 Å². The molecule has 0 aromatic heterocycles. The topological polar surface area (TPSA) is 26.0 Å². The fourth-order valence-corrected chi connectivity index (χ4v) is 4.22. The lowest BCUT2D eigenvalue weighted by Crippen LogP contribution is -2.54. The standard InChI is InChI=1S/C17H24ClN/c18-15-9-7-14(8-10-15)17(11-4-12-17)16(19)13-5-2-1-3-6-13/h7-10,13,16H,1-6,11-12,19H2. The van der Waals surface area contributed by atoms with Gasteiger partial charge in [-0.05, 0) is 49.3 Å². The van der Waals surface area contributed by atoms with E-state index < -0.39 is 0 Å². The average molecular weight is 278 g/mol. The first kappa shape index (κ1) is 13.5. The van der Waals surface area contributed by atoms with Gasteiger partial charge in [0.25, 0.3) is 0 Å². The molecule has 2 saturated carbocycles. The molecule has 0 amide bonds. The Morgan fingerprint density at radius 1 is 1.00 bits per heavy atom. The zero-order valence-corrected chi connectivity index (χ0v) is 12.3. The molecule has 2 aliphatic carbocycles. The summed E-state index contributed by atoms with van der Waals surface area (Å²) in [7, 11) is 0. The molecule has 1 aromatic carbocycles. The lowest BCUT2D eigenvalue weighted by atomic mass is 9.56. The highest BCUT2D eigenvalue weighted by atomic mass is 35.5. The Kier molecular flexibility index (Phi) is 3.86. The Morgan fingerprint density at radius 3 is 2.16 bits per heavy atom. The maximum Gasteiger partial charge on any atom is 0.0406 e. The zero-order valence-electron chi connectivity index (χ0n) is 11.6. The summed E-state index contributed by atoms with van der Waals surface area (Å²) in [6.45, 7) is 0. The van der Waals surface area contributed by atoms with Crippen LogP contribution in [0.4, 0.5) is 0 Å². The van der Waals surface area contributed by atoms with Crippen molar-refractivity contribution in [2.45, 2.75) is 62.8 Å². The molecule has 1 atom stereocenters. The van der Waals surface area contributed by atoms with Crippen molar-refractivity contribution in [2.75, 3.05) is 0 Å². The number of nitrogens with two attached hydrogens (primary N) is 1. The predicted molar refractivity (Wildman–Crippen MR) is 81.5 cm³/mol. The summed E-state index contributed by atoms with van der Waals surface area (Å²) in [5.74, 6) is 0.727. The van der Waals surface area contributed by atoms with E-state index in [0.717, 1.165) is 10.9 Å². The van der Waals surface area contributed by atoms with Gasteiger partial charge < -0.3 is 5.73 Å². The van der Waals surface area contributed by atoms with Gasteiger partial charge in [-0.2, -0.15) is 0 Å². The third-order valence-electron chi connectivity index (χ3n) is 5.46. The minimum atomic E-state index is 0.243. The molecule has 0 aliphatic heterocycles. The van der Waals surface area contributed by atoms with E-state index in [1.54, 1.807) is 0 Å². The Hall–Kier alpha value is -0.530. The molecule has 1 aromatic rings. The van der Waals surface area contributed by atoms with Crippen molar-refractivity contribution >= 4 is 11.6 Å². The molecular weight excluding hydrogens is 254 g/mol. The molecule has 0 saturated heterocycles. The third-order valence-corrected chi connectivity index (χ3v) is 5.71. The van der Waals surface area contributed by atoms with Crippen molar-refractivity contribution in [3.63, 3.8) is 0 Å². The highest BCUT2D eigenvalue weighted by molar-refractivity contribution is 6.30. The number of hydrogen-bond donors (Lipinski definition) is 1. The minimum absolute atomic E-state index is 0.243. The Morgan fingerprint density at radius 2 is 1.63 bits per heavy atom. The predicted octanol–water partition coefficient (Wildman–Crippen LogP) is 4.67. The van der Waals surface area contributed by atoms with Crippen molar-refractivity contribution < 1.29 is 0 Å². The quantitative estimate of drug-likeness (QED) is 0.854. The largest absolute Gasteiger partial charge is 0.327 e. The van der Waals surface area contributed by atoms with E-state index in [0.29, 0.717) is 6.04 Å². The smallest absolute Gasteiger partial charge is 0.0406 e. The summed E-state index contributed by atoms with van der Waals surface area (Å²) in [6, 6.07) is 8.77. The number of hydrogen-bond acceptors (Lipinski definition) is 1. The average Bonchev–Trinajstić information content (AvgIpc) is 2.40. The first-order valence-corrected chi connectivity index (χ1v) is 8.12. The fraction of sp³-hybridized carbons (Fsp3) is 0.647. The van der Waals surface area contributed by atoms with Crippen molar-refractivity contribution in [1.29, 1.82) is 0 Å². The van der Waals surface area contributed by atoms with Crippen LogP contribution >= 0.6 is 11.6 Å². The van der Waals surface area contributed by atoms with Gasteiger partial charge in [0.1, 0.15) is 0 Å². The molecule has 0 spiro atoms. The molecule has 2 aliphatic rings. The fourth-order valence-electron chi connectivity index (χ4n) is 4.10. The van der Waals surface area contributed by atoms with Gasteiger partial charge in [-0.15, -0.1) is 0 Å². The summed E-state index contributed by atoms with van der Waals surface area (Å²) in [5, 5.41) is 0.824. The number of rotatable bonds is 3. The van der Waals surface area contributed by atoms with E-state index in [-0.39, 0.29) is 5.41 Å². The zero-order chi connectivity index (χ0) is 13.3. The van der Waals surface area contributed by atoms with Crippen LogP contribution in [0.1, 0.15) is 56.9 Å². The lowest BCUT2D eigenvalue weighted by Gasteiger charge is -2.50. The summed E-state index contributed by atoms with van der Waals surface area (Å²) >= 11 is 6.02. The molecule has 2 fully saturated rings. The van der Waals surface area contributed by atoms with Gasteiger partial charge in [0.15, 0.2) is 0 Å². The van der Waals surface area contributed by atoms with Gasteiger partial charge in [0.2, 0.25) is 0 Å². The third kappa shape index (κ3) is 2.43.